The molecule has 2 unspecified atom stereocenters. The summed E-state index contributed by atoms with van der Waals surface area (Å²) in [6, 6.07) is 0.523. The van der Waals surface area contributed by atoms with Crippen LogP contribution in [0, 0.1) is 5.41 Å². The van der Waals surface area contributed by atoms with Crippen LogP contribution in [0.4, 0.5) is 0 Å². The van der Waals surface area contributed by atoms with Gasteiger partial charge in [-0.2, -0.15) is 0 Å². The lowest BCUT2D eigenvalue weighted by atomic mass is 9.58. The number of nitrogens with one attached hydrogen (secondary N) is 1. The topological polar surface area (TPSA) is 41.5 Å². The molecule has 0 bridgehead atoms. The minimum Gasteiger partial charge on any atom is -0.395 e. The van der Waals surface area contributed by atoms with Crippen LogP contribution >= 0.6 is 0 Å². The normalized spacial score (nSPS) is 30.0. The predicted molar refractivity (Wildman–Crippen MR) is 57.3 cm³/mol. The summed E-state index contributed by atoms with van der Waals surface area (Å²) in [7, 11) is 1.80. The second kappa shape index (κ2) is 5.10. The fourth-order valence-corrected chi connectivity index (χ4v) is 2.80. The van der Waals surface area contributed by atoms with Gasteiger partial charge in [0.25, 0.3) is 0 Å². The molecule has 0 aromatic heterocycles. The SMILES string of the molecule is CCC1(CC)C(NCCO)CC1OC. The van der Waals surface area contributed by atoms with E-state index in [1.54, 1.807) is 7.11 Å². The summed E-state index contributed by atoms with van der Waals surface area (Å²) >= 11 is 0. The van der Waals surface area contributed by atoms with Gasteiger partial charge in [-0.25, -0.2) is 0 Å². The number of aliphatic hydroxyl groups is 1. The Morgan fingerprint density at radius 2 is 2.07 bits per heavy atom. The molecule has 2 N–H and O–H groups in total. The number of methoxy groups -OCH3 is 1. The van der Waals surface area contributed by atoms with E-state index in [4.69, 9.17) is 9.84 Å². The van der Waals surface area contributed by atoms with Gasteiger partial charge in [-0.1, -0.05) is 13.8 Å². The molecular formula is C11H23NO2. The first-order chi connectivity index (χ1) is 6.75. The van der Waals surface area contributed by atoms with Crippen molar-refractivity contribution < 1.29 is 9.84 Å². The molecule has 2 atom stereocenters. The van der Waals surface area contributed by atoms with E-state index < -0.39 is 0 Å². The van der Waals surface area contributed by atoms with E-state index in [1.165, 1.54) is 0 Å². The monoisotopic (exact) mass is 201 g/mol. The number of hydrogen-bond donors (Lipinski definition) is 2. The smallest absolute Gasteiger partial charge is 0.0657 e. The Balaban J connectivity index is 2.53. The molecule has 0 aromatic carbocycles. The van der Waals surface area contributed by atoms with E-state index in [9.17, 15) is 0 Å². The third-order valence-corrected chi connectivity index (χ3v) is 3.89. The van der Waals surface area contributed by atoms with Gasteiger partial charge >= 0.3 is 0 Å². The first-order valence-electron chi connectivity index (χ1n) is 5.62. The van der Waals surface area contributed by atoms with Crippen LogP contribution in [0.15, 0.2) is 0 Å². The van der Waals surface area contributed by atoms with Crippen molar-refractivity contribution in [3.8, 4) is 0 Å². The van der Waals surface area contributed by atoms with E-state index in [0.29, 0.717) is 24.1 Å². The summed E-state index contributed by atoms with van der Waals surface area (Å²) in [4.78, 5) is 0. The van der Waals surface area contributed by atoms with Crippen LogP contribution in [0.2, 0.25) is 0 Å². The Kier molecular flexibility index (Phi) is 4.35. The first-order valence-corrected chi connectivity index (χ1v) is 5.62. The summed E-state index contributed by atoms with van der Waals surface area (Å²) in [5.74, 6) is 0. The Morgan fingerprint density at radius 3 is 2.50 bits per heavy atom. The highest BCUT2D eigenvalue weighted by molar-refractivity contribution is 5.06. The molecule has 1 aliphatic carbocycles. The molecule has 14 heavy (non-hydrogen) atoms. The van der Waals surface area contributed by atoms with Crippen LogP contribution in [-0.4, -0.2) is 37.5 Å². The molecule has 0 aromatic rings. The molecule has 84 valence electrons. The van der Waals surface area contributed by atoms with Crippen molar-refractivity contribution in [1.29, 1.82) is 0 Å². The molecule has 0 amide bonds. The Morgan fingerprint density at radius 1 is 1.43 bits per heavy atom. The lowest BCUT2D eigenvalue weighted by Gasteiger charge is -2.55. The quantitative estimate of drug-likeness (QED) is 0.677. The van der Waals surface area contributed by atoms with Crippen LogP contribution in [0.25, 0.3) is 0 Å². The zero-order chi connectivity index (χ0) is 10.6. The summed E-state index contributed by atoms with van der Waals surface area (Å²) < 4.78 is 5.49. The minimum atomic E-state index is 0.220. The van der Waals surface area contributed by atoms with Crippen molar-refractivity contribution in [2.45, 2.75) is 45.3 Å². The summed E-state index contributed by atoms with van der Waals surface area (Å²) in [5, 5.41) is 12.2. The van der Waals surface area contributed by atoms with Gasteiger partial charge in [-0.3, -0.25) is 0 Å². The van der Waals surface area contributed by atoms with Gasteiger partial charge in [0.05, 0.1) is 12.7 Å². The van der Waals surface area contributed by atoms with Crippen LogP contribution in [0.1, 0.15) is 33.1 Å². The summed E-state index contributed by atoms with van der Waals surface area (Å²) in [5.41, 5.74) is 0.296. The van der Waals surface area contributed by atoms with Crippen molar-refractivity contribution in [2.24, 2.45) is 5.41 Å². The highest BCUT2D eigenvalue weighted by Crippen LogP contribution is 2.48. The van der Waals surface area contributed by atoms with E-state index in [1.807, 2.05) is 0 Å². The van der Waals surface area contributed by atoms with Crippen LogP contribution in [0.5, 0.6) is 0 Å². The van der Waals surface area contributed by atoms with Crippen molar-refractivity contribution in [2.75, 3.05) is 20.3 Å². The van der Waals surface area contributed by atoms with Crippen LogP contribution in [0.3, 0.4) is 0 Å². The number of rotatable bonds is 6. The molecule has 0 radical (unpaired) electrons. The molecule has 1 aliphatic rings. The number of aliphatic hydroxyl groups excluding tert-OH is 1. The Bertz CT molecular complexity index is 167. The molecule has 1 rings (SSSR count). The maximum absolute atomic E-state index is 8.78. The lowest BCUT2D eigenvalue weighted by molar-refractivity contribution is -0.124. The average Bonchev–Trinajstić information content (AvgIpc) is 2.19. The van der Waals surface area contributed by atoms with Crippen molar-refractivity contribution in [3.63, 3.8) is 0 Å². The molecule has 1 fully saturated rings. The summed E-state index contributed by atoms with van der Waals surface area (Å²) in [6.07, 6.45) is 3.77. The number of hydrogen-bond acceptors (Lipinski definition) is 3. The highest BCUT2D eigenvalue weighted by atomic mass is 16.5. The molecular weight excluding hydrogens is 178 g/mol. The van der Waals surface area contributed by atoms with E-state index in [0.717, 1.165) is 19.3 Å². The highest BCUT2D eigenvalue weighted by Gasteiger charge is 2.52. The zero-order valence-electron chi connectivity index (χ0n) is 9.55. The predicted octanol–water partition coefficient (Wildman–Crippen LogP) is 1.16. The molecule has 0 aliphatic heterocycles. The van der Waals surface area contributed by atoms with Crippen molar-refractivity contribution in [1.82, 2.24) is 5.32 Å². The van der Waals surface area contributed by atoms with E-state index in [-0.39, 0.29) is 6.61 Å². The van der Waals surface area contributed by atoms with Gasteiger partial charge in [0.2, 0.25) is 0 Å². The van der Waals surface area contributed by atoms with Gasteiger partial charge in [0.15, 0.2) is 0 Å². The zero-order valence-corrected chi connectivity index (χ0v) is 9.55. The molecule has 0 heterocycles. The van der Waals surface area contributed by atoms with Crippen LogP contribution in [-0.2, 0) is 4.74 Å². The Hall–Kier alpha value is -0.120. The van der Waals surface area contributed by atoms with E-state index >= 15 is 0 Å². The van der Waals surface area contributed by atoms with Crippen molar-refractivity contribution in [3.05, 3.63) is 0 Å². The van der Waals surface area contributed by atoms with Gasteiger partial charge in [-0.15, -0.1) is 0 Å². The van der Waals surface area contributed by atoms with Crippen LogP contribution < -0.4 is 5.32 Å². The fraction of sp³-hybridized carbons (Fsp3) is 1.00. The number of ether oxygens (including phenoxy) is 1. The molecule has 0 saturated heterocycles. The fourth-order valence-electron chi connectivity index (χ4n) is 2.80. The molecule has 0 spiro atoms. The molecule has 3 nitrogen and oxygen atoms in total. The third kappa shape index (κ3) is 1.81. The minimum absolute atomic E-state index is 0.220. The summed E-state index contributed by atoms with van der Waals surface area (Å²) in [6.45, 7) is 5.37. The standard InChI is InChI=1S/C11H23NO2/c1-4-11(5-2)9(12-6-7-13)8-10(11)14-3/h9-10,12-13H,4-8H2,1-3H3. The largest absolute Gasteiger partial charge is 0.395 e. The van der Waals surface area contributed by atoms with Gasteiger partial charge < -0.3 is 15.2 Å². The molecule has 3 heteroatoms. The second-order valence-corrected chi connectivity index (χ2v) is 4.13. The average molecular weight is 201 g/mol. The van der Waals surface area contributed by atoms with Gasteiger partial charge in [0.1, 0.15) is 0 Å². The van der Waals surface area contributed by atoms with Gasteiger partial charge in [-0.05, 0) is 19.3 Å². The third-order valence-electron chi connectivity index (χ3n) is 3.89. The molecule has 1 saturated carbocycles. The Labute approximate surface area is 86.8 Å². The first kappa shape index (κ1) is 12.0. The van der Waals surface area contributed by atoms with E-state index in [2.05, 4.69) is 19.2 Å². The maximum Gasteiger partial charge on any atom is 0.0657 e. The van der Waals surface area contributed by atoms with Gasteiger partial charge in [0, 0.05) is 25.1 Å². The lowest BCUT2D eigenvalue weighted by Crippen LogP contribution is -2.63. The maximum atomic E-state index is 8.78. The second-order valence-electron chi connectivity index (χ2n) is 4.13. The van der Waals surface area contributed by atoms with Crippen molar-refractivity contribution >= 4 is 0 Å².